The molecule has 0 unspecified atom stereocenters. The van der Waals surface area contributed by atoms with E-state index in [1.807, 2.05) is 0 Å². The van der Waals surface area contributed by atoms with Crippen LogP contribution in [0.1, 0.15) is 1.43 Å². The number of carbonyl (C=O) groups is 2. The van der Waals surface area contributed by atoms with Crippen LogP contribution in [0.5, 0.6) is 0 Å². The van der Waals surface area contributed by atoms with Crippen LogP contribution in [0.2, 0.25) is 0 Å². The molecule has 0 radical (unpaired) electrons. The minimum Gasteiger partial charge on any atom is -0.545 e. The predicted octanol–water partition coefficient (Wildman–Crippen LogP) is -5.84. The molecule has 0 heterocycles. The van der Waals surface area contributed by atoms with Crippen molar-refractivity contribution < 1.29 is 40.1 Å². The molecule has 0 fully saturated rings. The van der Waals surface area contributed by atoms with E-state index in [0.29, 0.717) is 12.2 Å². The third-order valence-corrected chi connectivity index (χ3v) is 0.355. The molecule has 0 aliphatic rings. The molecule has 0 aromatic heterocycles. The van der Waals surface area contributed by atoms with Gasteiger partial charge in [-0.2, -0.15) is 0 Å². The molecule has 0 saturated heterocycles. The summed E-state index contributed by atoms with van der Waals surface area (Å²) in [4.78, 5) is 18.8. The summed E-state index contributed by atoms with van der Waals surface area (Å²) in [6.07, 6.45) is 0.769. The van der Waals surface area contributed by atoms with E-state index < -0.39 is 11.9 Å². The van der Waals surface area contributed by atoms with Crippen LogP contribution < -0.4 is 29.1 Å². The molecule has 0 aliphatic carbocycles. The Balaban J connectivity index is -0.000000245. The molecule has 0 aromatic rings. The molecule has 0 spiro atoms. The zero-order valence-corrected chi connectivity index (χ0v) is 4.79. The van der Waals surface area contributed by atoms with E-state index in [1.54, 1.807) is 0 Å². The van der Waals surface area contributed by atoms with Crippen molar-refractivity contribution in [1.82, 2.24) is 0 Å². The van der Waals surface area contributed by atoms with E-state index in [0.717, 1.165) is 0 Å². The third kappa shape index (κ3) is 11.1. The Morgan fingerprint density at radius 2 is 1.33 bits per heavy atom. The third-order valence-electron chi connectivity index (χ3n) is 0.355. The van der Waals surface area contributed by atoms with Crippen LogP contribution >= 0.6 is 0 Å². The summed E-state index contributed by atoms with van der Waals surface area (Å²) < 4.78 is 0. The van der Waals surface area contributed by atoms with E-state index in [9.17, 15) is 19.8 Å². The van der Waals surface area contributed by atoms with Gasteiger partial charge in [0.2, 0.25) is 0 Å². The molecule has 0 amide bonds. The number of carboxylic acid groups (broad SMARTS) is 2. The average Bonchev–Trinajstić information content (AvgIpc) is 1.61. The number of aliphatic carboxylic acids is 2. The van der Waals surface area contributed by atoms with Gasteiger partial charge < -0.3 is 19.8 Å². The Kier molecular flexibility index (Phi) is 6.69. The van der Waals surface area contributed by atoms with E-state index in [-0.39, 0.29) is 20.3 Å². The molecule has 4 nitrogen and oxygen atoms in total. The van der Waals surface area contributed by atoms with E-state index in [1.165, 1.54) is 0 Å². The summed E-state index contributed by atoms with van der Waals surface area (Å²) in [5.74, 6) is -3.09. The van der Waals surface area contributed by atoms with E-state index in [4.69, 9.17) is 0 Å². The smallest absolute Gasteiger partial charge is 0.545 e. The molecular formula is C4H3LiO4. The van der Waals surface area contributed by atoms with Crippen molar-refractivity contribution in [3.8, 4) is 0 Å². The molecule has 0 saturated carbocycles. The quantitative estimate of drug-likeness (QED) is 0.270. The summed E-state index contributed by atoms with van der Waals surface area (Å²) in [6, 6.07) is 0. The van der Waals surface area contributed by atoms with Gasteiger partial charge in [0.25, 0.3) is 0 Å². The van der Waals surface area contributed by atoms with Crippen molar-refractivity contribution in [2.45, 2.75) is 0 Å². The first-order valence-electron chi connectivity index (χ1n) is 1.73. The fraction of sp³-hybridized carbons (Fsp3) is 0. The minimum atomic E-state index is -1.55. The fourth-order valence-electron chi connectivity index (χ4n) is 0.136. The van der Waals surface area contributed by atoms with Gasteiger partial charge in [-0.3, -0.25) is 0 Å². The Morgan fingerprint density at radius 3 is 1.44 bits per heavy atom. The topological polar surface area (TPSA) is 80.3 Å². The molecule has 0 atom stereocenters. The van der Waals surface area contributed by atoms with Gasteiger partial charge in [0.15, 0.2) is 0 Å². The number of hydrogen-bond acceptors (Lipinski definition) is 4. The first kappa shape index (κ1) is 11.1. The maximum atomic E-state index is 9.41. The van der Waals surface area contributed by atoms with Crippen molar-refractivity contribution in [2.24, 2.45) is 0 Å². The summed E-state index contributed by atoms with van der Waals surface area (Å²) in [5, 5.41) is 18.8. The predicted molar refractivity (Wildman–Crippen MR) is 20.3 cm³/mol. The molecular weight excluding hydrogens is 119 g/mol. The standard InChI is InChI=1S/C4H4O4.Li/c5-3(6)1-2-4(7)8;/h1-2H,(H,5,6)(H,7,8);/q;+1/p-1/b2-1-;. The second kappa shape index (κ2) is 5.41. The van der Waals surface area contributed by atoms with Gasteiger partial charge in [-0.15, -0.1) is 0 Å². The van der Waals surface area contributed by atoms with Crippen molar-refractivity contribution in [2.75, 3.05) is 0 Å². The normalized spacial score (nSPS) is 8.44. The molecule has 9 heavy (non-hydrogen) atoms. The monoisotopic (exact) mass is 122 g/mol. The van der Waals surface area contributed by atoms with Gasteiger partial charge >= 0.3 is 20.3 Å². The maximum absolute atomic E-state index is 9.41. The van der Waals surface area contributed by atoms with E-state index in [2.05, 4.69) is 0 Å². The van der Waals surface area contributed by atoms with Crippen LogP contribution in [-0.4, -0.2) is 11.9 Å². The zero-order chi connectivity index (χ0) is 6.57. The summed E-state index contributed by atoms with van der Waals surface area (Å²) in [5.41, 5.74) is 0. The first-order valence-corrected chi connectivity index (χ1v) is 1.73. The summed E-state index contributed by atoms with van der Waals surface area (Å²) in [6.45, 7) is 0. The van der Waals surface area contributed by atoms with Crippen molar-refractivity contribution >= 4 is 11.9 Å². The maximum Gasteiger partial charge on any atom is 1.00 e. The number of hydrogen-bond donors (Lipinski definition) is 0. The molecule has 5 heteroatoms. The van der Waals surface area contributed by atoms with Crippen LogP contribution in [0.25, 0.3) is 0 Å². The zero-order valence-electron chi connectivity index (χ0n) is 5.79. The number of rotatable bonds is 2. The molecule has 0 aliphatic heterocycles. The molecule has 0 aromatic carbocycles. The largest absolute Gasteiger partial charge is 1.00 e. The molecule has 0 N–H and O–H groups in total. The number of carbonyl (C=O) groups excluding carboxylic acids is 2. The van der Waals surface area contributed by atoms with Gasteiger partial charge in [0.05, 0.1) is 11.9 Å². The SMILES string of the molecule is O=C([O-])/C=C\C(=O)[O-].[H+].[Li+]. The molecule has 0 rings (SSSR count). The van der Waals surface area contributed by atoms with Crippen molar-refractivity contribution in [3.63, 3.8) is 0 Å². The Morgan fingerprint density at radius 1 is 1.11 bits per heavy atom. The van der Waals surface area contributed by atoms with E-state index >= 15 is 0 Å². The molecule has 0 bridgehead atoms. The van der Waals surface area contributed by atoms with Crippen LogP contribution in [0.15, 0.2) is 12.2 Å². The summed E-state index contributed by atoms with van der Waals surface area (Å²) in [7, 11) is 0. The number of carboxylic acids is 2. The van der Waals surface area contributed by atoms with Gasteiger partial charge in [0.1, 0.15) is 0 Å². The summed E-state index contributed by atoms with van der Waals surface area (Å²) >= 11 is 0. The van der Waals surface area contributed by atoms with Crippen molar-refractivity contribution in [1.29, 1.82) is 0 Å². The van der Waals surface area contributed by atoms with Crippen LogP contribution in [0.3, 0.4) is 0 Å². The van der Waals surface area contributed by atoms with Gasteiger partial charge in [-0.05, 0) is 12.2 Å². The van der Waals surface area contributed by atoms with Crippen LogP contribution in [0, 0.1) is 0 Å². The second-order valence-electron chi connectivity index (χ2n) is 0.971. The second-order valence-corrected chi connectivity index (χ2v) is 0.971. The van der Waals surface area contributed by atoms with Crippen molar-refractivity contribution in [3.05, 3.63) is 12.2 Å². The Labute approximate surface area is 64.8 Å². The first-order chi connectivity index (χ1) is 3.63. The van der Waals surface area contributed by atoms with Crippen LogP contribution in [0.4, 0.5) is 0 Å². The Hall–Kier alpha value is -0.723. The Bertz CT molecular complexity index is 128. The fourth-order valence-corrected chi connectivity index (χ4v) is 0.136. The van der Waals surface area contributed by atoms with Gasteiger partial charge in [0, 0.05) is 0 Å². The van der Waals surface area contributed by atoms with Gasteiger partial charge in [-0.25, -0.2) is 0 Å². The van der Waals surface area contributed by atoms with Gasteiger partial charge in [-0.1, -0.05) is 0 Å². The molecule has 44 valence electrons. The minimum absolute atomic E-state index is 0. The van der Waals surface area contributed by atoms with Crippen LogP contribution in [-0.2, 0) is 9.59 Å². The average molecular weight is 122 g/mol.